The fourth-order valence-corrected chi connectivity index (χ4v) is 3.77. The zero-order valence-corrected chi connectivity index (χ0v) is 16.2. The Bertz CT molecular complexity index is 679. The number of nitrogens with zero attached hydrogens (tertiary/aromatic N) is 4. The van der Waals surface area contributed by atoms with Gasteiger partial charge < -0.3 is 10.6 Å². The van der Waals surface area contributed by atoms with Gasteiger partial charge in [0.1, 0.15) is 9.88 Å². The lowest BCUT2D eigenvalue weighted by Gasteiger charge is -2.31. The normalized spacial score (nSPS) is 14.9. The van der Waals surface area contributed by atoms with Crippen LogP contribution in [-0.4, -0.2) is 45.2 Å². The minimum Gasteiger partial charge on any atom is -0.338 e. The number of thiazole rings is 1. The Morgan fingerprint density at radius 2 is 2.04 bits per heavy atom. The Morgan fingerprint density at radius 3 is 2.58 bits per heavy atom. The lowest BCUT2D eigenvalue weighted by molar-refractivity contribution is 0.0697. The monoisotopic (exact) mass is 391 g/mol. The number of amides is 1. The van der Waals surface area contributed by atoms with Crippen LogP contribution in [0.5, 0.6) is 0 Å². The number of carbonyl (C=O) groups is 1. The first kappa shape index (κ1) is 20.9. The van der Waals surface area contributed by atoms with Crippen molar-refractivity contribution < 1.29 is 4.79 Å². The van der Waals surface area contributed by atoms with Gasteiger partial charge in [-0.1, -0.05) is 0 Å². The molecule has 1 saturated heterocycles. The highest BCUT2D eigenvalue weighted by Gasteiger charge is 2.26. The first-order valence-electron chi connectivity index (χ1n) is 7.54. The van der Waals surface area contributed by atoms with Crippen molar-refractivity contribution in [3.8, 4) is 10.6 Å². The van der Waals surface area contributed by atoms with E-state index in [1.165, 1.54) is 11.3 Å². The molecule has 24 heavy (non-hydrogen) atoms. The number of piperidine rings is 1. The van der Waals surface area contributed by atoms with Gasteiger partial charge in [-0.25, -0.2) is 4.98 Å². The lowest BCUT2D eigenvalue weighted by Crippen LogP contribution is -2.40. The van der Waals surface area contributed by atoms with E-state index < -0.39 is 0 Å². The summed E-state index contributed by atoms with van der Waals surface area (Å²) >= 11 is 1.45. The van der Waals surface area contributed by atoms with Crippen LogP contribution in [0, 0.1) is 12.8 Å². The summed E-state index contributed by atoms with van der Waals surface area (Å²) in [5.41, 5.74) is 7.47. The van der Waals surface area contributed by atoms with Crippen molar-refractivity contribution in [3.63, 3.8) is 0 Å². The van der Waals surface area contributed by atoms with Crippen LogP contribution in [0.1, 0.15) is 28.2 Å². The number of hydrogen-bond acceptors (Lipinski definition) is 5. The van der Waals surface area contributed by atoms with Gasteiger partial charge in [-0.2, -0.15) is 5.10 Å². The summed E-state index contributed by atoms with van der Waals surface area (Å²) in [6.45, 7) is 4.20. The van der Waals surface area contributed by atoms with E-state index >= 15 is 0 Å². The molecule has 2 N–H and O–H groups in total. The number of likely N-dealkylation sites (tertiary alicyclic amines) is 1. The fourth-order valence-electron chi connectivity index (χ4n) is 2.77. The van der Waals surface area contributed by atoms with Gasteiger partial charge in [0.2, 0.25) is 0 Å². The first-order chi connectivity index (χ1) is 10.6. The van der Waals surface area contributed by atoms with Gasteiger partial charge in [0.05, 0.1) is 11.9 Å². The number of hydrogen-bond donors (Lipinski definition) is 1. The van der Waals surface area contributed by atoms with E-state index in [9.17, 15) is 4.79 Å². The highest BCUT2D eigenvalue weighted by molar-refractivity contribution is 7.17. The van der Waals surface area contributed by atoms with Crippen LogP contribution in [0.15, 0.2) is 12.4 Å². The Hall–Kier alpha value is -1.15. The van der Waals surface area contributed by atoms with Crippen molar-refractivity contribution in [2.24, 2.45) is 18.7 Å². The molecular formula is C15H23Cl2N5OS. The number of carbonyl (C=O) groups excluding carboxylic acids is 1. The predicted octanol–water partition coefficient (Wildman–Crippen LogP) is 2.51. The molecule has 2 aromatic heterocycles. The maximum Gasteiger partial charge on any atom is 0.265 e. The molecule has 0 spiro atoms. The topological polar surface area (TPSA) is 77.0 Å². The Balaban J connectivity index is 0.00000144. The van der Waals surface area contributed by atoms with E-state index in [1.807, 2.05) is 25.1 Å². The number of rotatable bonds is 3. The molecule has 0 unspecified atom stereocenters. The number of nitrogens with two attached hydrogens (primary N) is 1. The predicted molar refractivity (Wildman–Crippen MR) is 101 cm³/mol. The maximum absolute atomic E-state index is 12.7. The second-order valence-corrected chi connectivity index (χ2v) is 6.81. The van der Waals surface area contributed by atoms with E-state index in [4.69, 9.17) is 5.73 Å². The van der Waals surface area contributed by atoms with Gasteiger partial charge >= 0.3 is 0 Å². The molecule has 6 nitrogen and oxygen atoms in total. The molecular weight excluding hydrogens is 369 g/mol. The molecule has 3 heterocycles. The van der Waals surface area contributed by atoms with Gasteiger partial charge in [0.25, 0.3) is 5.91 Å². The van der Waals surface area contributed by atoms with Crippen molar-refractivity contribution in [2.45, 2.75) is 19.8 Å². The number of aromatic nitrogens is 3. The van der Waals surface area contributed by atoms with Crippen LogP contribution in [0.3, 0.4) is 0 Å². The third-order valence-electron chi connectivity index (χ3n) is 4.18. The second-order valence-electron chi connectivity index (χ2n) is 5.81. The van der Waals surface area contributed by atoms with Crippen molar-refractivity contribution >= 4 is 42.1 Å². The Morgan fingerprint density at radius 1 is 1.38 bits per heavy atom. The van der Waals surface area contributed by atoms with E-state index in [0.29, 0.717) is 12.5 Å². The van der Waals surface area contributed by atoms with Gasteiger partial charge in [0, 0.05) is 31.9 Å². The highest BCUT2D eigenvalue weighted by atomic mass is 35.5. The van der Waals surface area contributed by atoms with Gasteiger partial charge in [-0.15, -0.1) is 36.2 Å². The summed E-state index contributed by atoms with van der Waals surface area (Å²) in [6.07, 6.45) is 5.68. The lowest BCUT2D eigenvalue weighted by atomic mass is 9.97. The van der Waals surface area contributed by atoms with Gasteiger partial charge in [-0.3, -0.25) is 9.48 Å². The Kier molecular flexibility index (Phi) is 7.66. The number of aryl methyl sites for hydroxylation is 2. The third kappa shape index (κ3) is 4.27. The zero-order valence-electron chi connectivity index (χ0n) is 13.8. The molecule has 134 valence electrons. The van der Waals surface area contributed by atoms with Crippen LogP contribution in [0.4, 0.5) is 0 Å². The molecule has 1 amide bonds. The van der Waals surface area contributed by atoms with E-state index in [-0.39, 0.29) is 30.7 Å². The van der Waals surface area contributed by atoms with Crippen LogP contribution in [0.25, 0.3) is 10.6 Å². The minimum atomic E-state index is 0. The quantitative estimate of drug-likeness (QED) is 0.871. The van der Waals surface area contributed by atoms with Crippen molar-refractivity contribution in [3.05, 3.63) is 23.0 Å². The molecule has 0 saturated carbocycles. The molecule has 0 radical (unpaired) electrons. The number of halogens is 2. The standard InChI is InChI=1S/C15H21N5OS.2ClH/c1-10-13(15(21)20-5-3-11(7-16)4-6-20)22-14(18-10)12-8-17-19(2)9-12;;/h8-9,11H,3-7,16H2,1-2H3;2*1H. The van der Waals surface area contributed by atoms with E-state index in [2.05, 4.69) is 10.1 Å². The average Bonchev–Trinajstić information content (AvgIpc) is 3.12. The molecule has 2 aromatic rings. The van der Waals surface area contributed by atoms with Gasteiger partial charge in [-0.05, 0) is 32.2 Å². The molecule has 0 aliphatic carbocycles. The van der Waals surface area contributed by atoms with Crippen LogP contribution < -0.4 is 5.73 Å². The van der Waals surface area contributed by atoms with Crippen molar-refractivity contribution in [2.75, 3.05) is 19.6 Å². The largest absolute Gasteiger partial charge is 0.338 e. The van der Waals surface area contributed by atoms with E-state index in [1.54, 1.807) is 10.9 Å². The summed E-state index contributed by atoms with van der Waals surface area (Å²) in [5, 5.41) is 5.01. The third-order valence-corrected chi connectivity index (χ3v) is 5.37. The van der Waals surface area contributed by atoms with Crippen molar-refractivity contribution in [1.29, 1.82) is 0 Å². The molecule has 1 fully saturated rings. The van der Waals surface area contributed by atoms with Crippen LogP contribution in [-0.2, 0) is 7.05 Å². The van der Waals surface area contributed by atoms with E-state index in [0.717, 1.165) is 47.1 Å². The molecule has 0 atom stereocenters. The second kappa shape index (κ2) is 8.80. The van der Waals surface area contributed by atoms with Crippen molar-refractivity contribution in [1.82, 2.24) is 19.7 Å². The smallest absolute Gasteiger partial charge is 0.265 e. The summed E-state index contributed by atoms with van der Waals surface area (Å²) in [7, 11) is 1.87. The fraction of sp³-hybridized carbons (Fsp3) is 0.533. The summed E-state index contributed by atoms with van der Waals surface area (Å²) in [6, 6.07) is 0. The van der Waals surface area contributed by atoms with Crippen LogP contribution in [0.2, 0.25) is 0 Å². The molecule has 9 heteroatoms. The molecule has 3 rings (SSSR count). The molecule has 1 aliphatic heterocycles. The summed E-state index contributed by atoms with van der Waals surface area (Å²) in [4.78, 5) is 19.9. The van der Waals surface area contributed by atoms with Crippen LogP contribution >= 0.6 is 36.2 Å². The maximum atomic E-state index is 12.7. The summed E-state index contributed by atoms with van der Waals surface area (Å²) < 4.78 is 1.74. The zero-order chi connectivity index (χ0) is 15.7. The summed E-state index contributed by atoms with van der Waals surface area (Å²) in [5.74, 6) is 0.651. The average molecular weight is 392 g/mol. The molecule has 1 aliphatic rings. The highest BCUT2D eigenvalue weighted by Crippen LogP contribution is 2.29. The SMILES string of the molecule is Cc1nc(-c2cnn(C)c2)sc1C(=O)N1CCC(CN)CC1.Cl.Cl. The minimum absolute atomic E-state index is 0. The first-order valence-corrected chi connectivity index (χ1v) is 8.36. The molecule has 0 bridgehead atoms. The molecule has 0 aromatic carbocycles. The van der Waals surface area contributed by atoms with Gasteiger partial charge in [0.15, 0.2) is 0 Å². The Labute approximate surface area is 158 Å².